The normalized spacial score (nSPS) is 18.1. The van der Waals surface area contributed by atoms with Gasteiger partial charge in [-0.05, 0) is 57.7 Å². The minimum Gasteiger partial charge on any atom is -0.357 e. The summed E-state index contributed by atoms with van der Waals surface area (Å²) in [5.74, 6) is 1.97. The standard InChI is InChI=1S/C22H36N6.HI/c1-3-23-22(24-12-11-19-7-5-4-6-8-19)26-18-20-9-10-21(25-17-20)28-15-13-27(2)14-16-28;/h7,9-10,17H,3-6,8,11-16,18H2,1-2H3,(H2,23,24,26);1H. The maximum atomic E-state index is 4.73. The second kappa shape index (κ2) is 13.1. The summed E-state index contributed by atoms with van der Waals surface area (Å²) in [5, 5.41) is 6.81. The Labute approximate surface area is 193 Å². The summed E-state index contributed by atoms with van der Waals surface area (Å²) in [6.45, 7) is 8.86. The number of piperazine rings is 1. The molecule has 0 amide bonds. The zero-order chi connectivity index (χ0) is 19.6. The highest BCUT2D eigenvalue weighted by molar-refractivity contribution is 14.0. The highest BCUT2D eigenvalue weighted by Gasteiger charge is 2.14. The average Bonchev–Trinajstić information content (AvgIpc) is 2.74. The monoisotopic (exact) mass is 512 g/mol. The smallest absolute Gasteiger partial charge is 0.191 e. The molecule has 0 aromatic carbocycles. The van der Waals surface area contributed by atoms with E-state index in [1.165, 1.54) is 25.7 Å². The summed E-state index contributed by atoms with van der Waals surface area (Å²) >= 11 is 0. The van der Waals surface area contributed by atoms with E-state index < -0.39 is 0 Å². The van der Waals surface area contributed by atoms with Crippen molar-refractivity contribution in [1.29, 1.82) is 0 Å². The molecule has 2 N–H and O–H groups in total. The minimum absolute atomic E-state index is 0. The number of halogens is 1. The van der Waals surface area contributed by atoms with E-state index >= 15 is 0 Å². The maximum absolute atomic E-state index is 4.73. The number of aromatic nitrogens is 1. The van der Waals surface area contributed by atoms with Crippen LogP contribution in [0.4, 0.5) is 5.82 Å². The Morgan fingerprint density at radius 2 is 1.97 bits per heavy atom. The van der Waals surface area contributed by atoms with Gasteiger partial charge in [-0.2, -0.15) is 0 Å². The molecule has 2 aliphatic rings. The van der Waals surface area contributed by atoms with E-state index in [-0.39, 0.29) is 24.0 Å². The first kappa shape index (κ1) is 23.9. The Kier molecular flexibility index (Phi) is 10.8. The summed E-state index contributed by atoms with van der Waals surface area (Å²) in [7, 11) is 2.17. The molecular formula is C22H37IN6. The number of anilines is 1. The van der Waals surface area contributed by atoms with E-state index in [1.54, 1.807) is 5.57 Å². The zero-order valence-corrected chi connectivity index (χ0v) is 20.3. The van der Waals surface area contributed by atoms with Crippen LogP contribution in [0.25, 0.3) is 0 Å². The van der Waals surface area contributed by atoms with Gasteiger partial charge in [0.1, 0.15) is 5.82 Å². The van der Waals surface area contributed by atoms with Crippen LogP contribution in [0, 0.1) is 0 Å². The number of pyridine rings is 1. The number of nitrogens with one attached hydrogen (secondary N) is 2. The fourth-order valence-electron chi connectivity index (χ4n) is 3.72. The van der Waals surface area contributed by atoms with Crippen LogP contribution in [-0.4, -0.2) is 62.2 Å². The Morgan fingerprint density at radius 1 is 1.14 bits per heavy atom. The van der Waals surface area contributed by atoms with Gasteiger partial charge in [-0.3, -0.25) is 0 Å². The number of allylic oxidation sites excluding steroid dienone is 1. The quantitative estimate of drug-likeness (QED) is 0.254. The first-order valence-electron chi connectivity index (χ1n) is 10.8. The molecule has 1 aliphatic carbocycles. The number of hydrogen-bond donors (Lipinski definition) is 2. The second-order valence-corrected chi connectivity index (χ2v) is 7.80. The molecule has 7 heteroatoms. The van der Waals surface area contributed by atoms with Crippen molar-refractivity contribution in [3.05, 3.63) is 35.5 Å². The number of hydrogen-bond acceptors (Lipinski definition) is 4. The minimum atomic E-state index is 0. The summed E-state index contributed by atoms with van der Waals surface area (Å²) < 4.78 is 0. The van der Waals surface area contributed by atoms with Gasteiger partial charge in [-0.15, -0.1) is 24.0 Å². The number of aliphatic imine (C=N–C) groups is 1. The van der Waals surface area contributed by atoms with Gasteiger partial charge in [0, 0.05) is 45.5 Å². The summed E-state index contributed by atoms with van der Waals surface area (Å²) in [6.07, 6.45) is 10.7. The first-order chi connectivity index (χ1) is 13.7. The topological polar surface area (TPSA) is 55.8 Å². The van der Waals surface area contributed by atoms with Crippen LogP contribution in [0.2, 0.25) is 0 Å². The summed E-state index contributed by atoms with van der Waals surface area (Å²) in [4.78, 5) is 14.1. The molecule has 0 radical (unpaired) electrons. The maximum Gasteiger partial charge on any atom is 0.191 e. The number of guanidine groups is 1. The molecule has 1 aromatic heterocycles. The fourth-order valence-corrected chi connectivity index (χ4v) is 3.72. The SMILES string of the molecule is CCNC(=NCc1ccc(N2CCN(C)CC2)nc1)NCCC1=CCCCC1.I. The lowest BCUT2D eigenvalue weighted by Gasteiger charge is -2.33. The molecule has 1 aliphatic heterocycles. The molecule has 3 rings (SSSR count). The molecule has 6 nitrogen and oxygen atoms in total. The third kappa shape index (κ3) is 8.12. The molecule has 1 fully saturated rings. The lowest BCUT2D eigenvalue weighted by Crippen LogP contribution is -2.44. The van der Waals surface area contributed by atoms with E-state index in [1.807, 2.05) is 6.20 Å². The molecule has 2 heterocycles. The molecular weight excluding hydrogens is 475 g/mol. The average molecular weight is 512 g/mol. The second-order valence-electron chi connectivity index (χ2n) is 7.80. The summed E-state index contributed by atoms with van der Waals surface area (Å²) in [5.41, 5.74) is 2.74. The number of likely N-dealkylation sites (N-methyl/N-ethyl adjacent to an activating group) is 1. The van der Waals surface area contributed by atoms with Crippen LogP contribution in [0.1, 0.15) is 44.6 Å². The van der Waals surface area contributed by atoms with E-state index in [2.05, 4.69) is 57.6 Å². The number of nitrogens with zero attached hydrogens (tertiary/aromatic N) is 4. The Balaban J connectivity index is 0.00000300. The van der Waals surface area contributed by atoms with Crippen LogP contribution in [0.3, 0.4) is 0 Å². The Bertz CT molecular complexity index is 650. The van der Waals surface area contributed by atoms with Gasteiger partial charge >= 0.3 is 0 Å². The van der Waals surface area contributed by atoms with E-state index in [0.29, 0.717) is 6.54 Å². The van der Waals surface area contributed by atoms with Crippen LogP contribution in [0.5, 0.6) is 0 Å². The highest BCUT2D eigenvalue weighted by atomic mass is 127. The van der Waals surface area contributed by atoms with Gasteiger partial charge in [0.15, 0.2) is 5.96 Å². The van der Waals surface area contributed by atoms with E-state index in [0.717, 1.165) is 63.0 Å². The van der Waals surface area contributed by atoms with Crippen molar-refractivity contribution in [3.63, 3.8) is 0 Å². The van der Waals surface area contributed by atoms with Gasteiger partial charge in [-0.25, -0.2) is 9.98 Å². The number of rotatable bonds is 7. The summed E-state index contributed by atoms with van der Waals surface area (Å²) in [6, 6.07) is 4.28. The third-order valence-corrected chi connectivity index (χ3v) is 5.52. The van der Waals surface area contributed by atoms with Gasteiger partial charge in [-0.1, -0.05) is 17.7 Å². The van der Waals surface area contributed by atoms with Crippen molar-refractivity contribution in [1.82, 2.24) is 20.5 Å². The predicted molar refractivity (Wildman–Crippen MR) is 133 cm³/mol. The van der Waals surface area contributed by atoms with Gasteiger partial charge in [0.05, 0.1) is 6.54 Å². The highest BCUT2D eigenvalue weighted by Crippen LogP contribution is 2.19. The van der Waals surface area contributed by atoms with Crippen LogP contribution in [-0.2, 0) is 6.54 Å². The van der Waals surface area contributed by atoms with Gasteiger partial charge in [0.25, 0.3) is 0 Å². The zero-order valence-electron chi connectivity index (χ0n) is 18.0. The van der Waals surface area contributed by atoms with Crippen molar-refractivity contribution in [2.45, 2.75) is 45.6 Å². The molecule has 0 unspecified atom stereocenters. The van der Waals surface area contributed by atoms with Crippen LogP contribution < -0.4 is 15.5 Å². The van der Waals surface area contributed by atoms with Crippen molar-refractivity contribution >= 4 is 35.8 Å². The lowest BCUT2D eigenvalue weighted by atomic mass is 9.97. The fraction of sp³-hybridized carbons (Fsp3) is 0.636. The van der Waals surface area contributed by atoms with Crippen molar-refractivity contribution in [2.75, 3.05) is 51.2 Å². The third-order valence-electron chi connectivity index (χ3n) is 5.52. The Morgan fingerprint density at radius 3 is 2.62 bits per heavy atom. The predicted octanol–water partition coefficient (Wildman–Crippen LogP) is 3.40. The van der Waals surface area contributed by atoms with E-state index in [9.17, 15) is 0 Å². The van der Waals surface area contributed by atoms with Crippen molar-refractivity contribution < 1.29 is 0 Å². The van der Waals surface area contributed by atoms with Crippen molar-refractivity contribution in [2.24, 2.45) is 4.99 Å². The Hall–Kier alpha value is -1.35. The largest absolute Gasteiger partial charge is 0.357 e. The van der Waals surface area contributed by atoms with E-state index in [4.69, 9.17) is 4.99 Å². The van der Waals surface area contributed by atoms with Gasteiger partial charge < -0.3 is 20.4 Å². The molecule has 0 bridgehead atoms. The van der Waals surface area contributed by atoms with Gasteiger partial charge in [0.2, 0.25) is 0 Å². The molecule has 1 saturated heterocycles. The molecule has 162 valence electrons. The van der Waals surface area contributed by atoms with Crippen LogP contribution in [0.15, 0.2) is 35.0 Å². The van der Waals surface area contributed by atoms with Crippen molar-refractivity contribution in [3.8, 4) is 0 Å². The molecule has 29 heavy (non-hydrogen) atoms. The molecule has 1 aromatic rings. The molecule has 0 saturated carbocycles. The molecule has 0 atom stereocenters. The van der Waals surface area contributed by atoms with Crippen LogP contribution >= 0.6 is 24.0 Å². The molecule has 0 spiro atoms. The lowest BCUT2D eigenvalue weighted by molar-refractivity contribution is 0.312. The first-order valence-corrected chi connectivity index (χ1v) is 10.8.